The second kappa shape index (κ2) is 5.81. The van der Waals surface area contributed by atoms with Crippen LogP contribution in [0, 0.1) is 0 Å². The van der Waals surface area contributed by atoms with E-state index in [1.807, 2.05) is 20.8 Å². The maximum absolute atomic E-state index is 11.5. The van der Waals surface area contributed by atoms with E-state index in [1.54, 1.807) is 5.38 Å². The lowest BCUT2D eigenvalue weighted by atomic mass is 10.1. The van der Waals surface area contributed by atoms with Gasteiger partial charge in [0.1, 0.15) is 0 Å². The fourth-order valence-electron chi connectivity index (χ4n) is 1.24. The Hall–Kier alpha value is -1.63. The van der Waals surface area contributed by atoms with Crippen molar-refractivity contribution in [2.45, 2.75) is 32.7 Å². The van der Waals surface area contributed by atoms with Gasteiger partial charge in [0.15, 0.2) is 5.13 Å². The van der Waals surface area contributed by atoms with Crippen LogP contribution >= 0.6 is 11.3 Å². The molecule has 0 aromatic carbocycles. The van der Waals surface area contributed by atoms with Gasteiger partial charge >= 0.3 is 5.97 Å². The van der Waals surface area contributed by atoms with Crippen LogP contribution in [0.5, 0.6) is 0 Å². The van der Waals surface area contributed by atoms with Crippen LogP contribution in [0.3, 0.4) is 0 Å². The second-order valence-electron chi connectivity index (χ2n) is 4.87. The molecule has 100 valence electrons. The first-order chi connectivity index (χ1) is 8.26. The van der Waals surface area contributed by atoms with Crippen LogP contribution in [0.4, 0.5) is 5.13 Å². The van der Waals surface area contributed by atoms with Crippen LogP contribution in [-0.2, 0) is 16.0 Å². The van der Waals surface area contributed by atoms with E-state index in [0.717, 1.165) is 0 Å². The molecule has 3 N–H and O–H groups in total. The molecule has 1 amide bonds. The standard InChI is InChI=1S/C11H17N3O3S/c1-11(2,3)14-8(15)5-12-10-13-7(6-18-10)4-9(16)17/h6H,4-5H2,1-3H3,(H,12,13)(H,14,15)(H,16,17). The minimum Gasteiger partial charge on any atom is -0.481 e. The quantitative estimate of drug-likeness (QED) is 0.746. The van der Waals surface area contributed by atoms with Crippen LogP contribution in [0.25, 0.3) is 0 Å². The highest BCUT2D eigenvalue weighted by Crippen LogP contribution is 2.15. The molecule has 0 radical (unpaired) electrons. The molecule has 0 aliphatic carbocycles. The maximum Gasteiger partial charge on any atom is 0.309 e. The average molecular weight is 271 g/mol. The molecule has 0 aliphatic heterocycles. The number of carbonyl (C=O) groups is 2. The first-order valence-electron chi connectivity index (χ1n) is 5.47. The van der Waals surface area contributed by atoms with Crippen molar-refractivity contribution in [1.29, 1.82) is 0 Å². The van der Waals surface area contributed by atoms with Crippen LogP contribution in [0.2, 0.25) is 0 Å². The van der Waals surface area contributed by atoms with Crippen molar-refractivity contribution >= 4 is 28.3 Å². The summed E-state index contributed by atoms with van der Waals surface area (Å²) < 4.78 is 0. The van der Waals surface area contributed by atoms with E-state index in [9.17, 15) is 9.59 Å². The first-order valence-corrected chi connectivity index (χ1v) is 6.35. The van der Waals surface area contributed by atoms with E-state index in [1.165, 1.54) is 11.3 Å². The Morgan fingerprint density at radius 3 is 2.67 bits per heavy atom. The molecule has 1 aromatic heterocycles. The van der Waals surface area contributed by atoms with Gasteiger partial charge in [0.25, 0.3) is 0 Å². The number of carbonyl (C=O) groups excluding carboxylic acids is 1. The molecule has 0 unspecified atom stereocenters. The predicted octanol–water partition coefficient (Wildman–Crippen LogP) is 1.10. The Balaban J connectivity index is 2.42. The fraction of sp³-hybridized carbons (Fsp3) is 0.545. The molecule has 0 saturated carbocycles. The Labute approximate surface area is 109 Å². The van der Waals surface area contributed by atoms with E-state index in [0.29, 0.717) is 10.8 Å². The number of carboxylic acid groups (broad SMARTS) is 1. The zero-order valence-corrected chi connectivity index (χ0v) is 11.4. The van der Waals surface area contributed by atoms with Gasteiger partial charge in [-0.15, -0.1) is 11.3 Å². The minimum absolute atomic E-state index is 0.105. The van der Waals surface area contributed by atoms with Crippen LogP contribution in [0.15, 0.2) is 5.38 Å². The van der Waals surface area contributed by atoms with Crippen molar-refractivity contribution in [3.05, 3.63) is 11.1 Å². The van der Waals surface area contributed by atoms with Crippen LogP contribution in [-0.4, -0.2) is 34.1 Å². The monoisotopic (exact) mass is 271 g/mol. The van der Waals surface area contributed by atoms with Crippen molar-refractivity contribution in [2.24, 2.45) is 0 Å². The smallest absolute Gasteiger partial charge is 0.309 e. The Morgan fingerprint density at radius 2 is 2.11 bits per heavy atom. The third-order valence-electron chi connectivity index (χ3n) is 1.80. The van der Waals surface area contributed by atoms with Gasteiger partial charge in [-0.1, -0.05) is 0 Å². The number of hydrogen-bond donors (Lipinski definition) is 3. The summed E-state index contributed by atoms with van der Waals surface area (Å²) in [6.45, 7) is 5.83. The molecular weight excluding hydrogens is 254 g/mol. The van der Waals surface area contributed by atoms with Crippen molar-refractivity contribution in [2.75, 3.05) is 11.9 Å². The highest BCUT2D eigenvalue weighted by molar-refractivity contribution is 7.13. The van der Waals surface area contributed by atoms with Gasteiger partial charge in [0.05, 0.1) is 18.7 Å². The molecule has 0 fully saturated rings. The minimum atomic E-state index is -0.919. The highest BCUT2D eigenvalue weighted by Gasteiger charge is 2.13. The molecular formula is C11H17N3O3S. The van der Waals surface area contributed by atoms with Crippen LogP contribution < -0.4 is 10.6 Å². The summed E-state index contributed by atoms with van der Waals surface area (Å²) in [4.78, 5) is 26.1. The zero-order valence-electron chi connectivity index (χ0n) is 10.6. The van der Waals surface area contributed by atoms with Crippen LogP contribution in [0.1, 0.15) is 26.5 Å². The largest absolute Gasteiger partial charge is 0.481 e. The summed E-state index contributed by atoms with van der Waals surface area (Å²) in [6, 6.07) is 0. The molecule has 6 nitrogen and oxygen atoms in total. The third-order valence-corrected chi connectivity index (χ3v) is 2.65. The Kier molecular flexibility index (Phi) is 4.66. The van der Waals surface area contributed by atoms with Crippen molar-refractivity contribution in [1.82, 2.24) is 10.3 Å². The summed E-state index contributed by atoms with van der Waals surface area (Å²) in [5.74, 6) is -1.05. The summed E-state index contributed by atoms with van der Waals surface area (Å²) in [7, 11) is 0. The number of rotatable bonds is 5. The summed E-state index contributed by atoms with van der Waals surface area (Å²) in [5, 5.41) is 16.5. The number of amides is 1. The first kappa shape index (κ1) is 14.4. The van der Waals surface area contributed by atoms with Crippen molar-refractivity contribution < 1.29 is 14.7 Å². The Bertz CT molecular complexity index is 437. The van der Waals surface area contributed by atoms with Gasteiger partial charge in [-0.2, -0.15) is 0 Å². The zero-order chi connectivity index (χ0) is 13.8. The van der Waals surface area contributed by atoms with Gasteiger partial charge < -0.3 is 15.7 Å². The van der Waals surface area contributed by atoms with E-state index in [4.69, 9.17) is 5.11 Å². The molecule has 1 rings (SSSR count). The lowest BCUT2D eigenvalue weighted by Gasteiger charge is -2.20. The molecule has 0 atom stereocenters. The SMILES string of the molecule is CC(C)(C)NC(=O)CNc1nc(CC(=O)O)cs1. The Morgan fingerprint density at radius 1 is 1.44 bits per heavy atom. The van der Waals surface area contributed by atoms with Gasteiger partial charge in [-0.05, 0) is 20.8 Å². The number of thiazole rings is 1. The maximum atomic E-state index is 11.5. The lowest BCUT2D eigenvalue weighted by Crippen LogP contribution is -2.43. The molecule has 7 heteroatoms. The molecule has 0 spiro atoms. The summed E-state index contributed by atoms with van der Waals surface area (Å²) >= 11 is 1.29. The average Bonchev–Trinajstić information content (AvgIpc) is 2.59. The molecule has 0 aliphatic rings. The summed E-state index contributed by atoms with van der Waals surface area (Å²) in [5.41, 5.74) is 0.224. The fourth-order valence-corrected chi connectivity index (χ4v) is 1.95. The number of aliphatic carboxylic acids is 1. The third kappa shape index (κ3) is 5.62. The molecule has 0 bridgehead atoms. The molecule has 18 heavy (non-hydrogen) atoms. The molecule has 0 saturated heterocycles. The van der Waals surface area contributed by atoms with Gasteiger partial charge in [0.2, 0.25) is 5.91 Å². The van der Waals surface area contributed by atoms with E-state index in [-0.39, 0.29) is 24.4 Å². The van der Waals surface area contributed by atoms with E-state index in [2.05, 4.69) is 15.6 Å². The second-order valence-corrected chi connectivity index (χ2v) is 5.72. The normalized spacial score (nSPS) is 11.1. The predicted molar refractivity (Wildman–Crippen MR) is 69.8 cm³/mol. The van der Waals surface area contributed by atoms with Crippen molar-refractivity contribution in [3.63, 3.8) is 0 Å². The number of aromatic nitrogens is 1. The van der Waals surface area contributed by atoms with E-state index >= 15 is 0 Å². The van der Waals surface area contributed by atoms with E-state index < -0.39 is 5.97 Å². The van der Waals surface area contributed by atoms with Crippen molar-refractivity contribution in [3.8, 4) is 0 Å². The number of hydrogen-bond acceptors (Lipinski definition) is 5. The lowest BCUT2D eigenvalue weighted by molar-refractivity contribution is -0.136. The number of nitrogens with zero attached hydrogens (tertiary/aromatic N) is 1. The van der Waals surface area contributed by atoms with Gasteiger partial charge in [0, 0.05) is 10.9 Å². The summed E-state index contributed by atoms with van der Waals surface area (Å²) in [6.07, 6.45) is -0.105. The molecule has 1 heterocycles. The topological polar surface area (TPSA) is 91.3 Å². The van der Waals surface area contributed by atoms with Gasteiger partial charge in [-0.25, -0.2) is 4.98 Å². The van der Waals surface area contributed by atoms with Gasteiger partial charge in [-0.3, -0.25) is 9.59 Å². The number of anilines is 1. The highest BCUT2D eigenvalue weighted by atomic mass is 32.1. The number of nitrogens with one attached hydrogen (secondary N) is 2. The number of carboxylic acids is 1. The molecule has 1 aromatic rings.